The topological polar surface area (TPSA) is 44.8 Å². The molecule has 0 saturated carbocycles. The van der Waals surface area contributed by atoms with Crippen molar-refractivity contribution in [2.75, 3.05) is 34.3 Å². The van der Waals surface area contributed by atoms with E-state index < -0.39 is 0 Å². The third-order valence-corrected chi connectivity index (χ3v) is 3.92. The minimum absolute atomic E-state index is 0.106. The lowest BCUT2D eigenvalue weighted by atomic mass is 10.1. The zero-order chi connectivity index (χ0) is 15.4. The fourth-order valence-corrected chi connectivity index (χ4v) is 2.75. The summed E-state index contributed by atoms with van der Waals surface area (Å²) in [6, 6.07) is 8.05. The Bertz CT molecular complexity index is 490. The lowest BCUT2D eigenvalue weighted by Crippen LogP contribution is -2.39. The molecule has 5 nitrogen and oxygen atoms in total. The molecule has 0 aromatic heterocycles. The third-order valence-electron chi connectivity index (χ3n) is 3.92. The number of nitrogens with one attached hydrogen (secondary N) is 1. The first-order chi connectivity index (χ1) is 10.0. The maximum Gasteiger partial charge on any atom is 0.238 e. The van der Waals surface area contributed by atoms with E-state index in [2.05, 4.69) is 31.2 Å². The van der Waals surface area contributed by atoms with Crippen LogP contribution in [-0.4, -0.2) is 56.0 Å². The van der Waals surface area contributed by atoms with Gasteiger partial charge in [-0.05, 0) is 40.1 Å². The first kappa shape index (κ1) is 15.8. The molecule has 0 bridgehead atoms. The van der Waals surface area contributed by atoms with Crippen LogP contribution < -0.4 is 10.1 Å². The molecule has 1 saturated heterocycles. The Kier molecular flexibility index (Phi) is 5.20. The van der Waals surface area contributed by atoms with Crippen molar-refractivity contribution in [3.63, 3.8) is 0 Å². The van der Waals surface area contributed by atoms with Crippen LogP contribution in [-0.2, 0) is 4.79 Å². The number of para-hydroxylation sites is 1. The van der Waals surface area contributed by atoms with Crippen molar-refractivity contribution in [1.82, 2.24) is 15.1 Å². The van der Waals surface area contributed by atoms with E-state index >= 15 is 0 Å². The Morgan fingerprint density at radius 2 is 2.14 bits per heavy atom. The summed E-state index contributed by atoms with van der Waals surface area (Å²) in [6.45, 7) is 3.45. The summed E-state index contributed by atoms with van der Waals surface area (Å²) in [5.41, 5.74) is 1.02. The number of benzene rings is 1. The van der Waals surface area contributed by atoms with Crippen LogP contribution in [0.15, 0.2) is 24.3 Å². The van der Waals surface area contributed by atoms with Gasteiger partial charge in [-0.15, -0.1) is 0 Å². The molecule has 5 heteroatoms. The van der Waals surface area contributed by atoms with Crippen LogP contribution in [0.2, 0.25) is 0 Å². The van der Waals surface area contributed by atoms with E-state index in [0.29, 0.717) is 6.54 Å². The molecular formula is C16H25N3O2. The van der Waals surface area contributed by atoms with Gasteiger partial charge in [0.15, 0.2) is 0 Å². The van der Waals surface area contributed by atoms with E-state index in [1.165, 1.54) is 0 Å². The van der Waals surface area contributed by atoms with Crippen molar-refractivity contribution >= 4 is 5.91 Å². The lowest BCUT2D eigenvalue weighted by Gasteiger charge is -2.32. The largest absolute Gasteiger partial charge is 0.496 e. The van der Waals surface area contributed by atoms with Crippen LogP contribution >= 0.6 is 0 Å². The van der Waals surface area contributed by atoms with Gasteiger partial charge in [0.2, 0.25) is 5.91 Å². The molecule has 2 atom stereocenters. The van der Waals surface area contributed by atoms with Crippen molar-refractivity contribution in [3.8, 4) is 5.75 Å². The smallest absolute Gasteiger partial charge is 0.238 e. The number of ether oxygens (including phenoxy) is 1. The quantitative estimate of drug-likeness (QED) is 0.862. The SMILES string of the molecule is COc1ccccc1C1NCC(=O)N1C(C)CCN(C)C. The number of carbonyl (C=O) groups is 1. The molecule has 1 fully saturated rings. The highest BCUT2D eigenvalue weighted by Gasteiger charge is 2.36. The zero-order valence-electron chi connectivity index (χ0n) is 13.3. The normalized spacial score (nSPS) is 20.1. The standard InChI is InChI=1S/C16H25N3O2/c1-12(9-10-18(2)3)19-15(20)11-17-16(19)13-7-5-6-8-14(13)21-4/h5-8,12,16-17H,9-11H2,1-4H3. The number of hydrogen-bond acceptors (Lipinski definition) is 4. The molecule has 1 aliphatic heterocycles. The van der Waals surface area contributed by atoms with Crippen molar-refractivity contribution in [2.24, 2.45) is 0 Å². The predicted octanol–water partition coefficient (Wildman–Crippen LogP) is 1.47. The Morgan fingerprint density at radius 1 is 1.43 bits per heavy atom. The summed E-state index contributed by atoms with van der Waals surface area (Å²) in [5.74, 6) is 0.965. The molecule has 21 heavy (non-hydrogen) atoms. The molecule has 116 valence electrons. The van der Waals surface area contributed by atoms with E-state index in [1.54, 1.807) is 7.11 Å². The molecule has 2 rings (SSSR count). The first-order valence-corrected chi connectivity index (χ1v) is 7.36. The van der Waals surface area contributed by atoms with Crippen molar-refractivity contribution in [1.29, 1.82) is 0 Å². The fraction of sp³-hybridized carbons (Fsp3) is 0.562. The molecule has 1 amide bonds. The molecule has 0 spiro atoms. The second kappa shape index (κ2) is 6.91. The predicted molar refractivity (Wildman–Crippen MR) is 83.2 cm³/mol. The van der Waals surface area contributed by atoms with Gasteiger partial charge in [-0.3, -0.25) is 10.1 Å². The van der Waals surface area contributed by atoms with Gasteiger partial charge in [0.05, 0.1) is 13.7 Å². The fourth-order valence-electron chi connectivity index (χ4n) is 2.75. The molecule has 1 heterocycles. The molecule has 1 aliphatic rings. The van der Waals surface area contributed by atoms with Crippen LogP contribution in [0, 0.1) is 0 Å². The Labute approximate surface area is 126 Å². The molecule has 2 unspecified atom stereocenters. The van der Waals surface area contributed by atoms with Crippen molar-refractivity contribution < 1.29 is 9.53 Å². The molecule has 0 radical (unpaired) electrons. The molecular weight excluding hydrogens is 266 g/mol. The molecule has 1 N–H and O–H groups in total. The molecule has 0 aliphatic carbocycles. The van der Waals surface area contributed by atoms with Gasteiger partial charge in [-0.1, -0.05) is 18.2 Å². The minimum atomic E-state index is -0.106. The van der Waals surface area contributed by atoms with Gasteiger partial charge in [-0.2, -0.15) is 0 Å². The van der Waals surface area contributed by atoms with E-state index in [4.69, 9.17) is 4.74 Å². The highest BCUT2D eigenvalue weighted by molar-refractivity contribution is 5.81. The molecule has 1 aromatic rings. The summed E-state index contributed by atoms with van der Waals surface area (Å²) < 4.78 is 5.43. The average molecular weight is 291 g/mol. The maximum absolute atomic E-state index is 12.3. The van der Waals surface area contributed by atoms with Gasteiger partial charge < -0.3 is 14.5 Å². The maximum atomic E-state index is 12.3. The summed E-state index contributed by atoms with van der Waals surface area (Å²) >= 11 is 0. The van der Waals surface area contributed by atoms with Crippen LogP contribution in [0.5, 0.6) is 5.75 Å². The monoisotopic (exact) mass is 291 g/mol. The van der Waals surface area contributed by atoms with Gasteiger partial charge in [0, 0.05) is 11.6 Å². The summed E-state index contributed by atoms with van der Waals surface area (Å²) in [7, 11) is 5.76. The van der Waals surface area contributed by atoms with Gasteiger partial charge >= 0.3 is 0 Å². The van der Waals surface area contributed by atoms with Crippen LogP contribution in [0.3, 0.4) is 0 Å². The highest BCUT2D eigenvalue weighted by atomic mass is 16.5. The zero-order valence-corrected chi connectivity index (χ0v) is 13.3. The summed E-state index contributed by atoms with van der Waals surface area (Å²) in [5, 5.41) is 3.30. The summed E-state index contributed by atoms with van der Waals surface area (Å²) in [4.78, 5) is 16.3. The number of amides is 1. The highest BCUT2D eigenvalue weighted by Crippen LogP contribution is 2.31. The van der Waals surface area contributed by atoms with Crippen molar-refractivity contribution in [3.05, 3.63) is 29.8 Å². The minimum Gasteiger partial charge on any atom is -0.496 e. The number of methoxy groups -OCH3 is 1. The number of carbonyl (C=O) groups excluding carboxylic acids is 1. The van der Waals surface area contributed by atoms with Crippen molar-refractivity contribution in [2.45, 2.75) is 25.6 Å². The number of nitrogens with zero attached hydrogens (tertiary/aromatic N) is 2. The Balaban J connectivity index is 2.20. The number of hydrogen-bond donors (Lipinski definition) is 1. The van der Waals surface area contributed by atoms with E-state index in [1.807, 2.05) is 29.2 Å². The molecule has 1 aromatic carbocycles. The van der Waals surface area contributed by atoms with E-state index in [-0.39, 0.29) is 18.1 Å². The summed E-state index contributed by atoms with van der Waals surface area (Å²) in [6.07, 6.45) is 0.845. The third kappa shape index (κ3) is 3.54. The Morgan fingerprint density at radius 3 is 2.81 bits per heavy atom. The van der Waals surface area contributed by atoms with E-state index in [0.717, 1.165) is 24.3 Å². The van der Waals surface area contributed by atoms with Gasteiger partial charge in [-0.25, -0.2) is 0 Å². The number of rotatable bonds is 6. The van der Waals surface area contributed by atoms with Crippen LogP contribution in [0.4, 0.5) is 0 Å². The second-order valence-electron chi connectivity index (χ2n) is 5.77. The van der Waals surface area contributed by atoms with E-state index in [9.17, 15) is 4.79 Å². The first-order valence-electron chi connectivity index (χ1n) is 7.36. The average Bonchev–Trinajstić information content (AvgIpc) is 2.86. The Hall–Kier alpha value is -1.59. The lowest BCUT2D eigenvalue weighted by molar-refractivity contribution is -0.130. The van der Waals surface area contributed by atoms with Gasteiger partial charge in [0.1, 0.15) is 11.9 Å². The van der Waals surface area contributed by atoms with Gasteiger partial charge in [0.25, 0.3) is 0 Å². The van der Waals surface area contributed by atoms with Crippen LogP contribution in [0.25, 0.3) is 0 Å². The van der Waals surface area contributed by atoms with Crippen LogP contribution in [0.1, 0.15) is 25.1 Å². The second-order valence-corrected chi connectivity index (χ2v) is 5.77.